The zero-order chi connectivity index (χ0) is 22.1. The number of benzene rings is 1. The quantitative estimate of drug-likeness (QED) is 0.535. The van der Waals surface area contributed by atoms with Gasteiger partial charge in [0, 0.05) is 16.0 Å². The molecular formula is C23H26N4O3S. The van der Waals surface area contributed by atoms with E-state index in [0.29, 0.717) is 12.4 Å². The van der Waals surface area contributed by atoms with E-state index in [0.717, 1.165) is 51.8 Å². The molecule has 0 aliphatic carbocycles. The third-order valence-electron chi connectivity index (χ3n) is 5.50. The van der Waals surface area contributed by atoms with Gasteiger partial charge in [-0.1, -0.05) is 13.3 Å². The molecule has 2 aromatic heterocycles. The monoisotopic (exact) mass is 438 g/mol. The minimum atomic E-state index is -0.918. The highest BCUT2D eigenvalue weighted by Gasteiger charge is 2.32. The predicted molar refractivity (Wildman–Crippen MR) is 121 cm³/mol. The van der Waals surface area contributed by atoms with E-state index in [1.165, 1.54) is 4.88 Å². The lowest BCUT2D eigenvalue weighted by Gasteiger charge is -2.11. The Morgan fingerprint density at radius 1 is 1.19 bits per heavy atom. The molecule has 0 saturated carbocycles. The molecule has 0 radical (unpaired) electrons. The highest BCUT2D eigenvalue weighted by molar-refractivity contribution is 7.15. The van der Waals surface area contributed by atoms with E-state index in [1.54, 1.807) is 11.3 Å². The first-order valence-corrected chi connectivity index (χ1v) is 11.3. The molecule has 1 atom stereocenters. The van der Waals surface area contributed by atoms with Gasteiger partial charge in [0.15, 0.2) is 5.82 Å². The number of rotatable bonds is 7. The number of fused-ring (bicyclic) bond motifs is 3. The molecule has 1 N–H and O–H groups in total. The van der Waals surface area contributed by atoms with Crippen LogP contribution in [0.15, 0.2) is 29.3 Å². The van der Waals surface area contributed by atoms with Crippen LogP contribution in [0.4, 0.5) is 0 Å². The number of thiophene rings is 1. The third kappa shape index (κ3) is 3.99. The molecule has 0 amide bonds. The SMILES string of the molecule is CCCCOc1ccc(C2=N[C@@H](CC(=O)O)c3nnc(C)n3-c3sc(C)c(C)c32)cc1. The van der Waals surface area contributed by atoms with Crippen molar-refractivity contribution in [1.29, 1.82) is 0 Å². The highest BCUT2D eigenvalue weighted by atomic mass is 32.1. The lowest BCUT2D eigenvalue weighted by Crippen LogP contribution is -2.10. The first kappa shape index (κ1) is 21.2. The molecule has 8 heteroatoms. The van der Waals surface area contributed by atoms with Gasteiger partial charge < -0.3 is 9.84 Å². The predicted octanol–water partition coefficient (Wildman–Crippen LogP) is 4.80. The van der Waals surface area contributed by atoms with E-state index in [2.05, 4.69) is 31.0 Å². The molecule has 1 aliphatic heterocycles. The summed E-state index contributed by atoms with van der Waals surface area (Å²) in [5.74, 6) is 1.19. The first-order valence-electron chi connectivity index (χ1n) is 10.5. The standard InChI is InChI=1S/C23H26N4O3S/c1-5-6-11-30-17-9-7-16(8-10-17)21-20-13(2)14(3)31-23(20)27-15(4)25-26-22(27)18(24-21)12-19(28)29/h7-10,18H,5-6,11-12H2,1-4H3,(H,28,29)/t18-/m0/s1. The maximum Gasteiger partial charge on any atom is 0.306 e. The fraction of sp³-hybridized carbons (Fsp3) is 0.391. The van der Waals surface area contributed by atoms with Crippen molar-refractivity contribution in [1.82, 2.24) is 14.8 Å². The Kier molecular flexibility index (Phi) is 5.91. The van der Waals surface area contributed by atoms with Gasteiger partial charge in [0.1, 0.15) is 22.6 Å². The van der Waals surface area contributed by atoms with Crippen molar-refractivity contribution < 1.29 is 14.6 Å². The van der Waals surface area contributed by atoms with Crippen LogP contribution in [-0.2, 0) is 4.79 Å². The Balaban J connectivity index is 1.84. The van der Waals surface area contributed by atoms with E-state index in [-0.39, 0.29) is 6.42 Å². The summed E-state index contributed by atoms with van der Waals surface area (Å²) in [5, 5.41) is 19.0. The summed E-state index contributed by atoms with van der Waals surface area (Å²) in [6.07, 6.45) is 1.95. The maximum absolute atomic E-state index is 11.6. The van der Waals surface area contributed by atoms with Gasteiger partial charge in [0.05, 0.1) is 18.7 Å². The average Bonchev–Trinajstić information content (AvgIpc) is 3.21. The van der Waals surface area contributed by atoms with E-state index in [9.17, 15) is 9.90 Å². The zero-order valence-electron chi connectivity index (χ0n) is 18.2. The topological polar surface area (TPSA) is 89.6 Å². The summed E-state index contributed by atoms with van der Waals surface area (Å²) in [6, 6.07) is 7.27. The molecule has 3 heterocycles. The van der Waals surface area contributed by atoms with Gasteiger partial charge in [0.2, 0.25) is 0 Å². The number of aliphatic carboxylic acids is 1. The number of carbonyl (C=O) groups is 1. The molecule has 7 nitrogen and oxygen atoms in total. The summed E-state index contributed by atoms with van der Waals surface area (Å²) in [5.41, 5.74) is 3.86. The van der Waals surface area contributed by atoms with Gasteiger partial charge in [-0.15, -0.1) is 21.5 Å². The molecule has 162 valence electrons. The number of carboxylic acids is 1. The molecule has 0 saturated heterocycles. The number of unbranched alkanes of at least 4 members (excludes halogenated alkanes) is 1. The molecule has 4 rings (SSSR count). The number of aryl methyl sites for hydroxylation is 2. The van der Waals surface area contributed by atoms with Gasteiger partial charge in [-0.2, -0.15) is 0 Å². The van der Waals surface area contributed by atoms with Crippen LogP contribution in [0.25, 0.3) is 5.00 Å². The Bertz CT molecular complexity index is 1140. The second-order valence-corrected chi connectivity index (χ2v) is 8.93. The van der Waals surface area contributed by atoms with Crippen LogP contribution in [-0.4, -0.2) is 38.2 Å². The summed E-state index contributed by atoms with van der Waals surface area (Å²) in [4.78, 5) is 17.7. The van der Waals surface area contributed by atoms with Crippen LogP contribution >= 0.6 is 11.3 Å². The molecule has 0 unspecified atom stereocenters. The summed E-state index contributed by atoms with van der Waals surface area (Å²) >= 11 is 1.66. The number of aromatic nitrogens is 3. The molecule has 3 aromatic rings. The van der Waals surface area contributed by atoms with Crippen molar-refractivity contribution in [3.05, 3.63) is 57.5 Å². The van der Waals surface area contributed by atoms with Crippen molar-refractivity contribution in [2.75, 3.05) is 6.61 Å². The molecular weight excluding hydrogens is 412 g/mol. The molecule has 0 bridgehead atoms. The minimum Gasteiger partial charge on any atom is -0.494 e. The van der Waals surface area contributed by atoms with Crippen LogP contribution in [0.5, 0.6) is 5.75 Å². The Hall–Kier alpha value is -3.00. The molecule has 0 spiro atoms. The van der Waals surface area contributed by atoms with Crippen molar-refractivity contribution >= 4 is 23.0 Å². The third-order valence-corrected chi connectivity index (χ3v) is 6.69. The lowest BCUT2D eigenvalue weighted by atomic mass is 9.99. The van der Waals surface area contributed by atoms with Crippen LogP contribution in [0.3, 0.4) is 0 Å². The Labute approximate surface area is 185 Å². The fourth-order valence-electron chi connectivity index (χ4n) is 3.73. The second kappa shape index (κ2) is 8.63. The second-order valence-electron chi connectivity index (χ2n) is 7.72. The number of ether oxygens (including phenoxy) is 1. The van der Waals surface area contributed by atoms with E-state index in [1.807, 2.05) is 35.8 Å². The smallest absolute Gasteiger partial charge is 0.306 e. The number of hydrogen-bond acceptors (Lipinski definition) is 6. The van der Waals surface area contributed by atoms with Crippen LogP contribution in [0.1, 0.15) is 65.4 Å². The van der Waals surface area contributed by atoms with E-state index >= 15 is 0 Å². The number of carboxylic acid groups (broad SMARTS) is 1. The van der Waals surface area contributed by atoms with Crippen LogP contribution in [0, 0.1) is 20.8 Å². The van der Waals surface area contributed by atoms with E-state index in [4.69, 9.17) is 9.73 Å². The summed E-state index contributed by atoms with van der Waals surface area (Å²) < 4.78 is 7.77. The van der Waals surface area contributed by atoms with Crippen molar-refractivity contribution in [3.8, 4) is 10.8 Å². The molecule has 1 aliphatic rings. The van der Waals surface area contributed by atoms with Crippen molar-refractivity contribution in [3.63, 3.8) is 0 Å². The largest absolute Gasteiger partial charge is 0.494 e. The van der Waals surface area contributed by atoms with Gasteiger partial charge in [-0.05, 0) is 57.0 Å². The van der Waals surface area contributed by atoms with Gasteiger partial charge in [-0.25, -0.2) is 0 Å². The normalized spacial score (nSPS) is 15.1. The summed E-state index contributed by atoms with van der Waals surface area (Å²) in [6.45, 7) is 8.88. The van der Waals surface area contributed by atoms with Crippen LogP contribution < -0.4 is 4.74 Å². The molecule has 1 aromatic carbocycles. The lowest BCUT2D eigenvalue weighted by molar-refractivity contribution is -0.137. The fourth-order valence-corrected chi connectivity index (χ4v) is 4.95. The summed E-state index contributed by atoms with van der Waals surface area (Å²) in [7, 11) is 0. The molecule has 0 fully saturated rings. The number of aliphatic imine (C=N–C) groups is 1. The van der Waals surface area contributed by atoms with Gasteiger partial charge in [-0.3, -0.25) is 14.4 Å². The highest BCUT2D eigenvalue weighted by Crippen LogP contribution is 2.39. The van der Waals surface area contributed by atoms with Gasteiger partial charge >= 0.3 is 5.97 Å². The number of hydrogen-bond donors (Lipinski definition) is 1. The minimum absolute atomic E-state index is 0.146. The number of nitrogens with zero attached hydrogens (tertiary/aromatic N) is 4. The maximum atomic E-state index is 11.6. The molecule has 31 heavy (non-hydrogen) atoms. The Morgan fingerprint density at radius 2 is 1.94 bits per heavy atom. The van der Waals surface area contributed by atoms with Crippen LogP contribution in [0.2, 0.25) is 0 Å². The van der Waals surface area contributed by atoms with E-state index < -0.39 is 12.0 Å². The van der Waals surface area contributed by atoms with Crippen molar-refractivity contribution in [2.45, 2.75) is 53.0 Å². The first-order chi connectivity index (χ1) is 14.9. The zero-order valence-corrected chi connectivity index (χ0v) is 19.0. The van der Waals surface area contributed by atoms with Crippen molar-refractivity contribution in [2.24, 2.45) is 4.99 Å². The Morgan fingerprint density at radius 3 is 2.61 bits per heavy atom. The van der Waals surface area contributed by atoms with Gasteiger partial charge in [0.25, 0.3) is 0 Å². The average molecular weight is 439 g/mol.